The third-order valence-corrected chi connectivity index (χ3v) is 4.16. The number of carbonyl (C=O) groups is 2. The third kappa shape index (κ3) is 8.44. The molecule has 1 amide bonds. The first-order valence-electron chi connectivity index (χ1n) is 9.46. The Kier molecular flexibility index (Phi) is 9.76. The Morgan fingerprint density at radius 3 is 2.45 bits per heavy atom. The summed E-state index contributed by atoms with van der Waals surface area (Å²) >= 11 is 0. The third-order valence-electron chi connectivity index (χ3n) is 4.16. The molecule has 0 aliphatic carbocycles. The van der Waals surface area contributed by atoms with Crippen molar-refractivity contribution in [2.24, 2.45) is 5.92 Å². The number of pyridine rings is 1. The van der Waals surface area contributed by atoms with Crippen LogP contribution in [0.5, 0.6) is 11.5 Å². The number of methoxy groups -OCH3 is 1. The van der Waals surface area contributed by atoms with Crippen LogP contribution in [0.15, 0.2) is 24.4 Å². The number of alkyl halides is 3. The Morgan fingerprint density at radius 2 is 1.90 bits per heavy atom. The molecule has 0 aromatic carbocycles. The molecule has 0 aliphatic rings. The van der Waals surface area contributed by atoms with Gasteiger partial charge in [-0.3, -0.25) is 4.79 Å². The van der Waals surface area contributed by atoms with Crippen LogP contribution in [0.2, 0.25) is 0 Å². The quantitative estimate of drug-likeness (QED) is 0.419. The van der Waals surface area contributed by atoms with Gasteiger partial charge in [0, 0.05) is 18.3 Å². The van der Waals surface area contributed by atoms with E-state index in [1.54, 1.807) is 20.8 Å². The fourth-order valence-electron chi connectivity index (χ4n) is 2.59. The average Bonchev–Trinajstić information content (AvgIpc) is 2.67. The first-order valence-corrected chi connectivity index (χ1v) is 9.46. The van der Waals surface area contributed by atoms with Gasteiger partial charge in [-0.25, -0.2) is 9.78 Å². The van der Waals surface area contributed by atoms with Crippen LogP contribution in [0.3, 0.4) is 0 Å². The van der Waals surface area contributed by atoms with Crippen LogP contribution in [0.25, 0.3) is 0 Å². The second kappa shape index (κ2) is 11.5. The van der Waals surface area contributed by atoms with Gasteiger partial charge in [-0.2, -0.15) is 13.2 Å². The van der Waals surface area contributed by atoms with Crippen molar-refractivity contribution in [3.05, 3.63) is 30.1 Å². The number of nitrogens with zero attached hydrogens (tertiary/aromatic N) is 1. The first-order chi connectivity index (χ1) is 14.4. The zero-order valence-electron chi connectivity index (χ0n) is 17.9. The number of halogens is 3. The molecule has 0 saturated heterocycles. The number of allylic oxidation sites excluding steroid dienone is 1. The van der Waals surface area contributed by atoms with Crippen molar-refractivity contribution in [1.29, 1.82) is 0 Å². The highest BCUT2D eigenvalue weighted by molar-refractivity contribution is 5.97. The summed E-state index contributed by atoms with van der Waals surface area (Å²) in [5.74, 6) is -2.24. The number of rotatable bonds is 10. The van der Waals surface area contributed by atoms with Gasteiger partial charge in [-0.1, -0.05) is 19.9 Å². The van der Waals surface area contributed by atoms with Crippen molar-refractivity contribution < 1.29 is 42.1 Å². The van der Waals surface area contributed by atoms with Crippen LogP contribution in [-0.2, 0) is 14.3 Å². The van der Waals surface area contributed by atoms with Crippen LogP contribution in [0, 0.1) is 5.92 Å². The summed E-state index contributed by atoms with van der Waals surface area (Å²) in [7, 11) is 1.31. The van der Waals surface area contributed by atoms with E-state index in [0.29, 0.717) is 0 Å². The van der Waals surface area contributed by atoms with Gasteiger partial charge in [0.15, 0.2) is 17.2 Å². The maximum absolute atomic E-state index is 12.4. The number of hydrogen-bond acceptors (Lipinski definition) is 7. The van der Waals surface area contributed by atoms with Gasteiger partial charge in [-0.15, -0.1) is 0 Å². The lowest BCUT2D eigenvalue weighted by molar-refractivity contribution is -0.162. The minimum atomic E-state index is -4.43. The summed E-state index contributed by atoms with van der Waals surface area (Å²) in [6, 6.07) is 0.265. The number of hydrogen-bond donors (Lipinski definition) is 2. The van der Waals surface area contributed by atoms with Gasteiger partial charge >= 0.3 is 12.1 Å². The van der Waals surface area contributed by atoms with Crippen LogP contribution >= 0.6 is 0 Å². The molecule has 0 saturated carbocycles. The number of aromatic nitrogens is 1. The highest BCUT2D eigenvalue weighted by atomic mass is 19.4. The Bertz CT molecular complexity index is 783. The van der Waals surface area contributed by atoms with Crippen LogP contribution in [0.1, 0.15) is 38.2 Å². The van der Waals surface area contributed by atoms with E-state index in [4.69, 9.17) is 14.2 Å². The normalized spacial score (nSPS) is 14.9. The lowest BCUT2D eigenvalue weighted by atomic mass is 10.0. The summed E-state index contributed by atoms with van der Waals surface area (Å²) in [6.07, 6.45) is -3.75. The molecule has 31 heavy (non-hydrogen) atoms. The van der Waals surface area contributed by atoms with E-state index >= 15 is 0 Å². The molecular weight excluding hydrogens is 421 g/mol. The predicted molar refractivity (Wildman–Crippen MR) is 105 cm³/mol. The zero-order valence-corrected chi connectivity index (χ0v) is 17.9. The molecule has 0 fully saturated rings. The van der Waals surface area contributed by atoms with E-state index in [1.807, 2.05) is 0 Å². The van der Waals surface area contributed by atoms with Gasteiger partial charge in [0.25, 0.3) is 5.91 Å². The van der Waals surface area contributed by atoms with Crippen LogP contribution in [-0.4, -0.2) is 60.1 Å². The molecule has 1 heterocycles. The van der Waals surface area contributed by atoms with Crippen molar-refractivity contribution in [3.8, 4) is 11.5 Å². The summed E-state index contributed by atoms with van der Waals surface area (Å²) in [4.78, 5) is 28.5. The van der Waals surface area contributed by atoms with E-state index in [9.17, 15) is 27.9 Å². The van der Waals surface area contributed by atoms with Crippen molar-refractivity contribution in [2.45, 2.75) is 52.1 Å². The Hall–Kier alpha value is -2.82. The zero-order chi connectivity index (χ0) is 23.8. The van der Waals surface area contributed by atoms with Crippen molar-refractivity contribution >= 4 is 11.9 Å². The van der Waals surface area contributed by atoms with Crippen molar-refractivity contribution in [2.75, 3.05) is 13.7 Å². The minimum Gasteiger partial charge on any atom is -0.503 e. The summed E-state index contributed by atoms with van der Waals surface area (Å²) < 4.78 is 52.1. The molecule has 1 rings (SSSR count). The molecule has 0 radical (unpaired) electrons. The topological polar surface area (TPSA) is 107 Å². The molecule has 3 atom stereocenters. The van der Waals surface area contributed by atoms with Crippen molar-refractivity contribution in [1.82, 2.24) is 10.3 Å². The fraction of sp³-hybridized carbons (Fsp3) is 0.550. The SMILES string of the molecule is COc1ccnc(C(=O)N[C@@H](C)C(=O)OC(C(C)C)[C@H](C)OC/C=C/C(F)(F)F)c1O. The molecule has 0 aliphatic heterocycles. The van der Waals surface area contributed by atoms with Gasteiger partial charge < -0.3 is 24.6 Å². The van der Waals surface area contributed by atoms with E-state index in [-0.39, 0.29) is 30.0 Å². The van der Waals surface area contributed by atoms with Crippen LogP contribution in [0.4, 0.5) is 13.2 Å². The summed E-state index contributed by atoms with van der Waals surface area (Å²) in [5.41, 5.74) is -0.326. The second-order valence-electron chi connectivity index (χ2n) is 7.03. The first kappa shape index (κ1) is 26.2. The predicted octanol–water partition coefficient (Wildman–Crippen LogP) is 3.01. The molecule has 0 spiro atoms. The van der Waals surface area contributed by atoms with Gasteiger partial charge in [0.05, 0.1) is 19.8 Å². The number of esters is 1. The molecule has 2 N–H and O–H groups in total. The van der Waals surface area contributed by atoms with Crippen molar-refractivity contribution in [3.63, 3.8) is 0 Å². The second-order valence-corrected chi connectivity index (χ2v) is 7.03. The largest absolute Gasteiger partial charge is 0.503 e. The minimum absolute atomic E-state index is 0.0424. The fourth-order valence-corrected chi connectivity index (χ4v) is 2.59. The Morgan fingerprint density at radius 1 is 1.26 bits per heavy atom. The lowest BCUT2D eigenvalue weighted by Gasteiger charge is -2.28. The number of aromatic hydroxyl groups is 1. The number of amides is 1. The molecule has 0 bridgehead atoms. The lowest BCUT2D eigenvalue weighted by Crippen LogP contribution is -2.44. The van der Waals surface area contributed by atoms with E-state index < -0.39 is 42.1 Å². The maximum Gasteiger partial charge on any atom is 0.409 e. The smallest absolute Gasteiger partial charge is 0.409 e. The van der Waals surface area contributed by atoms with E-state index in [2.05, 4.69) is 10.3 Å². The van der Waals surface area contributed by atoms with E-state index in [1.165, 1.54) is 26.3 Å². The summed E-state index contributed by atoms with van der Waals surface area (Å²) in [6.45, 7) is 6.15. The van der Waals surface area contributed by atoms with Crippen LogP contribution < -0.4 is 10.1 Å². The molecule has 11 heteroatoms. The molecule has 1 aromatic rings. The average molecular weight is 448 g/mol. The standard InChI is InChI=1S/C20H27F3N2O6/c1-11(2)17(13(4)30-10-6-8-20(21,22)23)31-19(28)12(3)25-18(27)15-16(26)14(29-5)7-9-24-15/h6-9,11-13,17,26H,10H2,1-5H3,(H,25,27)/b8-6+/t12-,13-,17?/m0/s1. The Labute approximate surface area is 178 Å². The number of ether oxygens (including phenoxy) is 3. The van der Waals surface area contributed by atoms with Gasteiger partial charge in [0.1, 0.15) is 12.1 Å². The molecule has 1 aromatic heterocycles. The summed E-state index contributed by atoms with van der Waals surface area (Å²) in [5, 5.41) is 12.4. The highest BCUT2D eigenvalue weighted by Crippen LogP contribution is 2.27. The monoisotopic (exact) mass is 448 g/mol. The molecule has 174 valence electrons. The van der Waals surface area contributed by atoms with Gasteiger partial charge in [-0.05, 0) is 19.8 Å². The van der Waals surface area contributed by atoms with Gasteiger partial charge in [0.2, 0.25) is 0 Å². The highest BCUT2D eigenvalue weighted by Gasteiger charge is 2.29. The maximum atomic E-state index is 12.4. The molecule has 8 nitrogen and oxygen atoms in total. The number of carbonyl (C=O) groups excluding carboxylic acids is 2. The van der Waals surface area contributed by atoms with E-state index in [0.717, 1.165) is 6.08 Å². The molecular formula is C20H27F3N2O6. The molecule has 1 unspecified atom stereocenters. The Balaban J connectivity index is 2.72. The number of nitrogens with one attached hydrogen (secondary N) is 1.